The quantitative estimate of drug-likeness (QED) is 0.169. The van der Waals surface area contributed by atoms with Gasteiger partial charge in [0.2, 0.25) is 0 Å². The van der Waals surface area contributed by atoms with Crippen molar-refractivity contribution < 1.29 is 18.3 Å². The summed E-state index contributed by atoms with van der Waals surface area (Å²) in [5, 5.41) is 5.39. The first-order valence-electron chi connectivity index (χ1n) is 21.3. The fraction of sp³-hybridized carbons (Fsp3) is 0.327. The molecule has 0 spiro atoms. The van der Waals surface area contributed by atoms with Gasteiger partial charge in [-0.25, -0.2) is 0 Å². The van der Waals surface area contributed by atoms with E-state index in [1.165, 1.54) is 45.6 Å². The molecular weight excluding hydrogens is 823 g/mol. The van der Waals surface area contributed by atoms with Crippen molar-refractivity contribution in [3.63, 3.8) is 0 Å². The van der Waals surface area contributed by atoms with Gasteiger partial charge in [-0.3, -0.25) is 0 Å². The van der Waals surface area contributed by atoms with Crippen molar-refractivity contribution in [3.8, 4) is 0 Å². The van der Waals surface area contributed by atoms with Gasteiger partial charge in [-0.15, -0.1) is 24.8 Å². The fourth-order valence-corrected chi connectivity index (χ4v) is 36.5. The second kappa shape index (κ2) is 13.3. The Morgan fingerprint density at radius 2 is 1.19 bits per heavy atom. The van der Waals surface area contributed by atoms with E-state index < -0.39 is 18.3 Å². The number of halogens is 2. The zero-order valence-corrected chi connectivity index (χ0v) is 39.8. The summed E-state index contributed by atoms with van der Waals surface area (Å²) in [6.07, 6.45) is 16.6. The van der Waals surface area contributed by atoms with Crippen LogP contribution in [0.4, 0.5) is 0 Å². The van der Waals surface area contributed by atoms with Crippen LogP contribution < -0.4 is 6.54 Å². The number of rotatable bonds is 4. The van der Waals surface area contributed by atoms with Gasteiger partial charge in [0.05, 0.1) is 0 Å². The Labute approximate surface area is 360 Å². The Balaban J connectivity index is 0.00000235. The molecule has 5 aliphatic rings. The summed E-state index contributed by atoms with van der Waals surface area (Å²) in [6, 6.07) is 42.5. The summed E-state index contributed by atoms with van der Waals surface area (Å²) in [7, 11) is 0. The maximum atomic E-state index is 6.35. The number of hydrogen-bond acceptors (Lipinski definition) is 0. The van der Waals surface area contributed by atoms with Gasteiger partial charge in [0.1, 0.15) is 0 Å². The first-order valence-corrected chi connectivity index (χ1v) is 27.9. The van der Waals surface area contributed by atoms with Crippen LogP contribution in [0.3, 0.4) is 0 Å². The summed E-state index contributed by atoms with van der Waals surface area (Å²) in [5.41, 5.74) is 8.92. The van der Waals surface area contributed by atoms with Crippen LogP contribution in [0.25, 0.3) is 27.1 Å². The van der Waals surface area contributed by atoms with E-state index in [-0.39, 0.29) is 49.6 Å². The molecule has 298 valence electrons. The second-order valence-electron chi connectivity index (χ2n) is 20.1. The van der Waals surface area contributed by atoms with E-state index in [1.807, 2.05) is 0 Å². The summed E-state index contributed by atoms with van der Waals surface area (Å²) < 4.78 is 10.6. The summed E-state index contributed by atoms with van der Waals surface area (Å²) in [5.74, 6) is 0.403. The number of fused-ring (bicyclic) bond motifs is 8. The predicted molar refractivity (Wildman–Crippen MR) is 254 cm³/mol. The molecule has 3 unspecified atom stereocenters. The molecule has 1 fully saturated rings. The zero-order chi connectivity index (χ0) is 39.1. The molecule has 5 aromatic carbocycles. The van der Waals surface area contributed by atoms with E-state index in [0.717, 1.165) is 19.3 Å². The van der Waals surface area contributed by atoms with E-state index in [1.54, 1.807) is 25.6 Å². The number of hydrogen-bond donors (Lipinski definition) is 0. The third kappa shape index (κ3) is 4.45. The molecule has 3 atom stereocenters. The third-order valence-corrected chi connectivity index (χ3v) is 38.5. The van der Waals surface area contributed by atoms with Crippen molar-refractivity contribution >= 4 is 62.7 Å². The number of benzene rings is 5. The summed E-state index contributed by atoms with van der Waals surface area (Å²) >= 11 is -5.51. The minimum absolute atomic E-state index is 0. The summed E-state index contributed by atoms with van der Waals surface area (Å²) in [4.78, 5) is 0. The fourth-order valence-electron chi connectivity index (χ4n) is 14.5. The average Bonchev–Trinajstić information content (AvgIpc) is 3.89. The molecule has 0 bridgehead atoms. The molecule has 5 aliphatic carbocycles. The van der Waals surface area contributed by atoms with Crippen molar-refractivity contribution in [2.24, 2.45) is 27.6 Å². The topological polar surface area (TPSA) is 0 Å². The van der Waals surface area contributed by atoms with E-state index in [2.05, 4.69) is 195 Å². The molecule has 1 saturated carbocycles. The van der Waals surface area contributed by atoms with Crippen molar-refractivity contribution in [3.05, 3.63) is 171 Å². The molecule has 0 heterocycles. The van der Waals surface area contributed by atoms with Crippen LogP contribution in [0, 0.1) is 27.6 Å². The van der Waals surface area contributed by atoms with Gasteiger partial charge in [-0.2, -0.15) is 0 Å². The molecule has 3 heteroatoms. The molecule has 5 aromatic rings. The average molecular weight is 883 g/mol. The minimum atomic E-state index is -5.51. The molecular formula is C55H60Cl2Zr. The van der Waals surface area contributed by atoms with Crippen LogP contribution >= 0.6 is 24.8 Å². The Bertz CT molecular complexity index is 2690. The monoisotopic (exact) mass is 880 g/mol. The van der Waals surface area contributed by atoms with E-state index in [4.69, 9.17) is 4.21 Å². The van der Waals surface area contributed by atoms with Gasteiger partial charge in [-0.05, 0) is 0 Å². The van der Waals surface area contributed by atoms with Crippen LogP contribution in [-0.2, 0) is 24.7 Å². The van der Waals surface area contributed by atoms with Crippen molar-refractivity contribution in [1.29, 1.82) is 0 Å². The van der Waals surface area contributed by atoms with Crippen LogP contribution in [0.2, 0.25) is 3.12 Å². The normalized spacial score (nSPS) is 26.3. The SMILES string of the molecule is Cl.Cl.[CH2]=[Zr]([C]1=CC=CC1)([c]1cccc2ccccc12)([c]1cccc2ccccc12)[C]1(C)C2=C3Cc4ccccc4C3=C3C=CCCC3C2(C)C(C)(C)C(C)(C)C1(C)C. The molecule has 0 aliphatic heterocycles. The Hall–Kier alpha value is -3.35. The van der Waals surface area contributed by atoms with Crippen molar-refractivity contribution in [1.82, 2.24) is 0 Å². The molecule has 0 radical (unpaired) electrons. The second-order valence-corrected chi connectivity index (χ2v) is 33.9. The molecule has 10 rings (SSSR count). The zero-order valence-electron chi connectivity index (χ0n) is 35.7. The van der Waals surface area contributed by atoms with Gasteiger partial charge in [-0.1, -0.05) is 0 Å². The molecule has 0 aromatic heterocycles. The third-order valence-electron chi connectivity index (χ3n) is 18.6. The Morgan fingerprint density at radius 1 is 0.621 bits per heavy atom. The van der Waals surface area contributed by atoms with Gasteiger partial charge in [0.25, 0.3) is 0 Å². The molecule has 0 nitrogen and oxygen atoms in total. The van der Waals surface area contributed by atoms with Crippen molar-refractivity contribution in [2.45, 2.75) is 84.2 Å². The predicted octanol–water partition coefficient (Wildman–Crippen LogP) is 14.3. The van der Waals surface area contributed by atoms with Crippen molar-refractivity contribution in [2.75, 3.05) is 0 Å². The first-order chi connectivity index (χ1) is 26.7. The molecule has 0 N–H and O–H groups in total. The van der Waals surface area contributed by atoms with E-state index in [0.29, 0.717) is 5.92 Å². The van der Waals surface area contributed by atoms with E-state index >= 15 is 0 Å². The van der Waals surface area contributed by atoms with Crippen LogP contribution in [0.15, 0.2) is 160 Å². The summed E-state index contributed by atoms with van der Waals surface area (Å²) in [6.45, 7) is 21.6. The van der Waals surface area contributed by atoms with E-state index in [9.17, 15) is 0 Å². The standard InChI is InChI=1S/C29H37.2C10H7.C5H5.CH2.2ClH.Zr/c1-18-25-22-17-19-13-9-10-14-20(19)24(22)21-15-11-12-16-23(21)29(25,8)28(6,7)27(4,5)26(18,2)3;2*1-2-6-10-8-4-3-7-9(10)5-1;1-2-4-5-3-1;;;;/h9-11,13-15,23H,12,16-17H2,1-8H3;2*1-7H;1-3H,4H2;1H2;2*1H;. The van der Waals surface area contributed by atoms with Gasteiger partial charge >= 0.3 is 339 Å². The van der Waals surface area contributed by atoms with Crippen LogP contribution in [-0.4, -0.2) is 4.21 Å². The molecule has 0 saturated heterocycles. The number of allylic oxidation sites excluding steroid dienone is 10. The van der Waals surface area contributed by atoms with Crippen LogP contribution in [0.1, 0.15) is 85.8 Å². The Kier molecular flexibility index (Phi) is 9.51. The van der Waals surface area contributed by atoms with Gasteiger partial charge in [0, 0.05) is 0 Å². The Morgan fingerprint density at radius 3 is 1.79 bits per heavy atom. The maximum absolute atomic E-state index is 6.35. The first kappa shape index (κ1) is 41.4. The van der Waals surface area contributed by atoms with Gasteiger partial charge in [0.15, 0.2) is 0 Å². The van der Waals surface area contributed by atoms with Gasteiger partial charge < -0.3 is 0 Å². The molecule has 0 amide bonds. The van der Waals surface area contributed by atoms with Crippen LogP contribution in [0.5, 0.6) is 0 Å². The molecule has 58 heavy (non-hydrogen) atoms.